The second-order valence-corrected chi connectivity index (χ2v) is 10.2. The molecule has 1 saturated heterocycles. The van der Waals surface area contributed by atoms with Gasteiger partial charge in [-0.15, -0.1) is 0 Å². The average Bonchev–Trinajstić information content (AvgIpc) is 3.23. The summed E-state index contributed by atoms with van der Waals surface area (Å²) >= 11 is 0. The van der Waals surface area contributed by atoms with Gasteiger partial charge in [0.05, 0.1) is 6.33 Å². The third kappa shape index (κ3) is 6.84. The number of carbonyl (C=O) groups is 2. The van der Waals surface area contributed by atoms with Crippen LogP contribution in [0.15, 0.2) is 41.9 Å². The first-order chi connectivity index (χ1) is 15.8. The van der Waals surface area contributed by atoms with E-state index in [1.54, 1.807) is 29.8 Å². The number of aromatic nitrogens is 3. The predicted molar refractivity (Wildman–Crippen MR) is 123 cm³/mol. The highest BCUT2D eigenvalue weighted by Gasteiger charge is 2.29. The van der Waals surface area contributed by atoms with E-state index in [-0.39, 0.29) is 42.3 Å². The van der Waals surface area contributed by atoms with Crippen LogP contribution in [-0.2, 0) is 33.1 Å². The van der Waals surface area contributed by atoms with Crippen LogP contribution in [0.4, 0.5) is 0 Å². The molecule has 10 nitrogen and oxygen atoms in total. The largest absolute Gasteiger partial charge is 0.356 e. The number of nitrogens with one attached hydrogen (secondary N) is 1. The van der Waals surface area contributed by atoms with Gasteiger partial charge >= 0.3 is 0 Å². The van der Waals surface area contributed by atoms with Gasteiger partial charge in [0.15, 0.2) is 5.03 Å². The Morgan fingerprint density at radius 1 is 1.24 bits per heavy atom. The molecule has 0 aromatic carbocycles. The van der Waals surface area contributed by atoms with E-state index in [1.807, 2.05) is 18.2 Å². The Morgan fingerprint density at radius 3 is 2.76 bits per heavy atom. The molecular formula is C22H32N6O4S. The molecule has 1 fully saturated rings. The molecule has 1 unspecified atom stereocenters. The first kappa shape index (κ1) is 24.8. The van der Waals surface area contributed by atoms with Gasteiger partial charge in [0.2, 0.25) is 11.8 Å². The molecule has 11 heteroatoms. The van der Waals surface area contributed by atoms with Gasteiger partial charge in [-0.2, -0.15) is 4.31 Å². The molecule has 0 bridgehead atoms. The van der Waals surface area contributed by atoms with E-state index in [4.69, 9.17) is 0 Å². The van der Waals surface area contributed by atoms with Crippen LogP contribution in [-0.4, -0.2) is 77.2 Å². The Bertz CT molecular complexity index is 1040. The zero-order chi connectivity index (χ0) is 23.8. The van der Waals surface area contributed by atoms with E-state index in [9.17, 15) is 18.0 Å². The molecule has 2 aromatic rings. The van der Waals surface area contributed by atoms with E-state index in [0.717, 1.165) is 5.69 Å². The summed E-state index contributed by atoms with van der Waals surface area (Å²) in [5, 5.41) is 2.78. The number of nitrogens with zero attached hydrogens (tertiary/aromatic N) is 5. The van der Waals surface area contributed by atoms with Crippen molar-refractivity contribution in [1.29, 1.82) is 0 Å². The highest BCUT2D eigenvalue weighted by atomic mass is 32.2. The van der Waals surface area contributed by atoms with Crippen molar-refractivity contribution in [2.45, 2.75) is 37.1 Å². The fraction of sp³-hybridized carbons (Fsp3) is 0.545. The van der Waals surface area contributed by atoms with E-state index >= 15 is 0 Å². The minimum Gasteiger partial charge on any atom is -0.356 e. The minimum atomic E-state index is -3.82. The number of sulfonamides is 1. The topological polar surface area (TPSA) is 118 Å². The molecule has 0 saturated carbocycles. The minimum absolute atomic E-state index is 0.00133. The molecule has 0 spiro atoms. The normalized spacial score (nSPS) is 18.8. The summed E-state index contributed by atoms with van der Waals surface area (Å²) in [4.78, 5) is 35.3. The molecule has 1 aliphatic rings. The van der Waals surface area contributed by atoms with Crippen LogP contribution in [0.25, 0.3) is 0 Å². The van der Waals surface area contributed by atoms with Crippen LogP contribution in [0, 0.1) is 5.92 Å². The molecule has 3 rings (SSSR count). The molecule has 180 valence electrons. The number of hydrogen-bond donors (Lipinski definition) is 1. The van der Waals surface area contributed by atoms with Gasteiger partial charge < -0.3 is 14.8 Å². The smallest absolute Gasteiger partial charge is 0.262 e. The van der Waals surface area contributed by atoms with Gasteiger partial charge in [0.25, 0.3) is 10.0 Å². The maximum atomic E-state index is 13.1. The van der Waals surface area contributed by atoms with Gasteiger partial charge in [0, 0.05) is 77.1 Å². The van der Waals surface area contributed by atoms with Crippen molar-refractivity contribution in [3.63, 3.8) is 0 Å². The molecule has 0 aliphatic carbocycles. The maximum Gasteiger partial charge on any atom is 0.262 e. The number of pyridine rings is 1. The first-order valence-electron chi connectivity index (χ1n) is 11.2. The highest BCUT2D eigenvalue weighted by Crippen LogP contribution is 2.19. The summed E-state index contributed by atoms with van der Waals surface area (Å²) in [6.07, 6.45) is 6.91. The summed E-state index contributed by atoms with van der Waals surface area (Å²) < 4.78 is 28.9. The van der Waals surface area contributed by atoms with Crippen LogP contribution in [0.3, 0.4) is 0 Å². The van der Waals surface area contributed by atoms with E-state index in [2.05, 4.69) is 15.3 Å². The average molecular weight is 477 g/mol. The van der Waals surface area contributed by atoms with Crippen LogP contribution in [0.1, 0.15) is 31.4 Å². The van der Waals surface area contributed by atoms with Gasteiger partial charge in [0.1, 0.15) is 0 Å². The monoisotopic (exact) mass is 476 g/mol. The molecule has 3 heterocycles. The third-order valence-electron chi connectivity index (χ3n) is 5.80. The van der Waals surface area contributed by atoms with Crippen molar-refractivity contribution in [2.24, 2.45) is 13.0 Å². The number of likely N-dealkylation sites (N-methyl/N-ethyl adjacent to an activating group) is 1. The van der Waals surface area contributed by atoms with Gasteiger partial charge in [-0.05, 0) is 31.4 Å². The van der Waals surface area contributed by atoms with Crippen LogP contribution in [0.2, 0.25) is 0 Å². The van der Waals surface area contributed by atoms with E-state index < -0.39 is 10.0 Å². The van der Waals surface area contributed by atoms with E-state index in [0.29, 0.717) is 38.8 Å². The fourth-order valence-corrected chi connectivity index (χ4v) is 5.31. The molecule has 1 aliphatic heterocycles. The van der Waals surface area contributed by atoms with Gasteiger partial charge in [-0.1, -0.05) is 6.07 Å². The van der Waals surface area contributed by atoms with Crippen LogP contribution < -0.4 is 5.32 Å². The van der Waals surface area contributed by atoms with Crippen LogP contribution in [0.5, 0.6) is 0 Å². The standard InChI is InChI=1S/C22H32N6O4S/c1-26-16-21(25-17-26)33(31,32)28-13-5-6-18(8-12-24-20(29)10-15-28)22(30)27(2)14-9-19-7-3-4-11-23-19/h3-4,7,11,16-18H,5-6,8-10,12-15H2,1-2H3,(H,24,29). The molecule has 2 amide bonds. The zero-order valence-electron chi connectivity index (χ0n) is 19.2. The summed E-state index contributed by atoms with van der Waals surface area (Å²) in [5.41, 5.74) is 0.919. The Kier molecular flexibility index (Phi) is 8.56. The summed E-state index contributed by atoms with van der Waals surface area (Å²) in [6.45, 7) is 1.23. The van der Waals surface area contributed by atoms with Crippen molar-refractivity contribution in [2.75, 3.05) is 33.2 Å². The Labute approximate surface area is 195 Å². The molecular weight excluding hydrogens is 444 g/mol. The Balaban J connectivity index is 1.65. The molecule has 33 heavy (non-hydrogen) atoms. The Hall–Kier alpha value is -2.79. The van der Waals surface area contributed by atoms with Crippen molar-refractivity contribution < 1.29 is 18.0 Å². The molecule has 2 aromatic heterocycles. The predicted octanol–water partition coefficient (Wildman–Crippen LogP) is 0.813. The fourth-order valence-electron chi connectivity index (χ4n) is 3.86. The lowest BCUT2D eigenvalue weighted by atomic mass is 9.97. The van der Waals surface area contributed by atoms with Crippen molar-refractivity contribution in [1.82, 2.24) is 29.1 Å². The van der Waals surface area contributed by atoms with Crippen molar-refractivity contribution in [3.05, 3.63) is 42.6 Å². The number of imidazole rings is 1. The number of aryl methyl sites for hydroxylation is 1. The summed E-state index contributed by atoms with van der Waals surface area (Å²) in [5.74, 6) is -0.525. The number of amides is 2. The van der Waals surface area contributed by atoms with E-state index in [1.165, 1.54) is 16.8 Å². The van der Waals surface area contributed by atoms with Crippen LogP contribution >= 0.6 is 0 Å². The number of rotatable bonds is 6. The quantitative estimate of drug-likeness (QED) is 0.659. The SMILES string of the molecule is CN(CCc1ccccn1)C(=O)C1CCCN(S(=O)(=O)c2cn(C)cn2)CCC(=O)NCC1. The number of carbonyl (C=O) groups excluding carboxylic acids is 2. The second kappa shape index (κ2) is 11.4. The van der Waals surface area contributed by atoms with Gasteiger partial charge in [-0.3, -0.25) is 14.6 Å². The lowest BCUT2D eigenvalue weighted by Gasteiger charge is -2.25. The highest BCUT2D eigenvalue weighted by molar-refractivity contribution is 7.89. The molecule has 1 atom stereocenters. The van der Waals surface area contributed by atoms with Crippen molar-refractivity contribution in [3.8, 4) is 0 Å². The zero-order valence-corrected chi connectivity index (χ0v) is 20.0. The summed E-state index contributed by atoms with van der Waals surface area (Å²) in [7, 11) is -0.347. The maximum absolute atomic E-state index is 13.1. The number of hydrogen-bond acceptors (Lipinski definition) is 6. The third-order valence-corrected chi connectivity index (χ3v) is 7.59. The van der Waals surface area contributed by atoms with Crippen molar-refractivity contribution >= 4 is 21.8 Å². The Morgan fingerprint density at radius 2 is 2.06 bits per heavy atom. The first-order valence-corrected chi connectivity index (χ1v) is 12.6. The van der Waals surface area contributed by atoms with Gasteiger partial charge in [-0.25, -0.2) is 13.4 Å². The lowest BCUT2D eigenvalue weighted by molar-refractivity contribution is -0.134. The molecule has 1 N–H and O–H groups in total. The second-order valence-electron chi connectivity index (χ2n) is 8.34. The molecule has 0 radical (unpaired) electrons. The summed E-state index contributed by atoms with van der Waals surface area (Å²) in [6, 6.07) is 5.70. The lowest BCUT2D eigenvalue weighted by Crippen LogP contribution is -2.36.